The molecule has 0 saturated carbocycles. The highest BCUT2D eigenvalue weighted by atomic mass is 32.2. The van der Waals surface area contributed by atoms with Crippen molar-refractivity contribution in [2.45, 2.75) is 13.2 Å². The summed E-state index contributed by atoms with van der Waals surface area (Å²) < 4.78 is 28.5. The average Bonchev–Trinajstić information content (AvgIpc) is 3.40. The summed E-state index contributed by atoms with van der Waals surface area (Å²) in [5.41, 5.74) is 5.00. The molecule has 38 heavy (non-hydrogen) atoms. The molecule has 5 rings (SSSR count). The van der Waals surface area contributed by atoms with Crippen LogP contribution in [0.15, 0.2) is 91.3 Å². The summed E-state index contributed by atoms with van der Waals surface area (Å²) >= 11 is 1.58. The Morgan fingerprint density at radius 2 is 1.76 bits per heavy atom. The molecule has 3 aromatic carbocycles. The van der Waals surface area contributed by atoms with Crippen LogP contribution in [0.3, 0.4) is 0 Å². The molecule has 0 atom stereocenters. The molecule has 0 bridgehead atoms. The molecule has 2 N–H and O–H groups in total. The number of fused-ring (bicyclic) bond motifs is 1. The number of sulfone groups is 1. The lowest BCUT2D eigenvalue weighted by Gasteiger charge is -2.11. The maximum absolute atomic E-state index is 11.3. The Bertz CT molecular complexity index is 1620. The third kappa shape index (κ3) is 6.95. The third-order valence-electron chi connectivity index (χ3n) is 5.89. The van der Waals surface area contributed by atoms with E-state index in [9.17, 15) is 8.42 Å². The van der Waals surface area contributed by atoms with Gasteiger partial charge in [-0.05, 0) is 47.5 Å². The highest BCUT2D eigenvalue weighted by molar-refractivity contribution is 7.90. The van der Waals surface area contributed by atoms with Crippen LogP contribution < -0.4 is 15.4 Å². The van der Waals surface area contributed by atoms with E-state index in [0.717, 1.165) is 49.0 Å². The van der Waals surface area contributed by atoms with Crippen molar-refractivity contribution < 1.29 is 13.2 Å². The predicted molar refractivity (Wildman–Crippen MR) is 155 cm³/mol. The second-order valence-corrected chi connectivity index (χ2v) is 12.3. The van der Waals surface area contributed by atoms with Crippen molar-refractivity contribution in [3.8, 4) is 16.2 Å². The first-order chi connectivity index (χ1) is 18.4. The lowest BCUT2D eigenvalue weighted by Crippen LogP contribution is -2.21. The number of rotatable bonds is 11. The van der Waals surface area contributed by atoms with Crippen molar-refractivity contribution in [2.24, 2.45) is 0 Å². The first-order valence-electron chi connectivity index (χ1n) is 12.2. The van der Waals surface area contributed by atoms with Crippen LogP contribution in [0.4, 0.5) is 11.4 Å². The summed E-state index contributed by atoms with van der Waals surface area (Å²) in [7, 11) is -2.97. The largest absolute Gasteiger partial charge is 0.489 e. The number of benzene rings is 3. The Morgan fingerprint density at radius 1 is 0.947 bits per heavy atom. The topological polar surface area (TPSA) is 93.2 Å². The number of pyridine rings is 1. The van der Waals surface area contributed by atoms with Gasteiger partial charge in [-0.1, -0.05) is 42.5 Å². The van der Waals surface area contributed by atoms with Gasteiger partial charge in [0.15, 0.2) is 0 Å². The normalized spacial score (nSPS) is 11.5. The Kier molecular flexibility index (Phi) is 7.97. The van der Waals surface area contributed by atoms with Crippen molar-refractivity contribution in [3.05, 3.63) is 102 Å². The lowest BCUT2D eigenvalue weighted by atomic mass is 10.1. The van der Waals surface area contributed by atoms with Crippen molar-refractivity contribution in [2.75, 3.05) is 23.9 Å². The van der Waals surface area contributed by atoms with E-state index in [2.05, 4.69) is 38.8 Å². The van der Waals surface area contributed by atoms with Gasteiger partial charge in [0, 0.05) is 48.5 Å². The molecule has 0 radical (unpaired) electrons. The second-order valence-electron chi connectivity index (χ2n) is 8.94. The number of nitrogens with zero attached hydrogens (tertiary/aromatic N) is 2. The number of nitrogens with one attached hydrogen (secondary N) is 2. The van der Waals surface area contributed by atoms with Crippen molar-refractivity contribution in [3.63, 3.8) is 0 Å². The number of aromatic nitrogens is 2. The second kappa shape index (κ2) is 11.7. The van der Waals surface area contributed by atoms with Crippen molar-refractivity contribution in [1.29, 1.82) is 0 Å². The molecule has 0 aliphatic rings. The van der Waals surface area contributed by atoms with Gasteiger partial charge in [0.25, 0.3) is 0 Å². The molecule has 0 unspecified atom stereocenters. The molecule has 0 amide bonds. The van der Waals surface area contributed by atoms with E-state index in [4.69, 9.17) is 4.74 Å². The maximum atomic E-state index is 11.3. The van der Waals surface area contributed by atoms with Gasteiger partial charge in [-0.15, -0.1) is 11.3 Å². The zero-order chi connectivity index (χ0) is 26.4. The van der Waals surface area contributed by atoms with Gasteiger partial charge in [-0.25, -0.2) is 13.4 Å². The minimum absolute atomic E-state index is 0.115. The minimum Gasteiger partial charge on any atom is -0.489 e. The van der Waals surface area contributed by atoms with E-state index < -0.39 is 9.84 Å². The number of hydrogen-bond acceptors (Lipinski definition) is 8. The Hall–Kier alpha value is -3.79. The van der Waals surface area contributed by atoms with Crippen LogP contribution in [0, 0.1) is 0 Å². The fourth-order valence-electron chi connectivity index (χ4n) is 3.92. The highest BCUT2D eigenvalue weighted by Gasteiger charge is 2.09. The summed E-state index contributed by atoms with van der Waals surface area (Å²) in [6.07, 6.45) is 4.89. The van der Waals surface area contributed by atoms with E-state index in [0.29, 0.717) is 19.7 Å². The van der Waals surface area contributed by atoms with Gasteiger partial charge in [-0.2, -0.15) is 0 Å². The number of hydrogen-bond donors (Lipinski definition) is 2. The molecular weight excluding hydrogens is 516 g/mol. The van der Waals surface area contributed by atoms with Crippen LogP contribution in [-0.2, 0) is 23.0 Å². The predicted octanol–water partition coefficient (Wildman–Crippen LogP) is 5.82. The first-order valence-corrected chi connectivity index (χ1v) is 15.1. The summed E-state index contributed by atoms with van der Waals surface area (Å²) in [5, 5.41) is 8.57. The molecule has 5 aromatic rings. The molecule has 2 aromatic heterocycles. The van der Waals surface area contributed by atoms with Crippen molar-refractivity contribution >= 4 is 43.5 Å². The zero-order valence-electron chi connectivity index (χ0n) is 20.9. The SMILES string of the molecule is CS(=O)(=O)CCNCc1ncc(-c2ccc3c(Nc4ccc(OCc5ccccc5)cc4)ccnc3c2)s1. The van der Waals surface area contributed by atoms with Crippen LogP contribution in [0.1, 0.15) is 10.6 Å². The Morgan fingerprint density at radius 3 is 2.55 bits per heavy atom. The summed E-state index contributed by atoms with van der Waals surface area (Å²) in [4.78, 5) is 10.1. The summed E-state index contributed by atoms with van der Waals surface area (Å²) in [5.74, 6) is 0.933. The summed E-state index contributed by atoms with van der Waals surface area (Å²) in [6, 6.07) is 26.2. The van der Waals surface area contributed by atoms with E-state index in [1.165, 1.54) is 6.26 Å². The number of thiazole rings is 1. The van der Waals surface area contributed by atoms with E-state index in [-0.39, 0.29) is 5.75 Å². The van der Waals surface area contributed by atoms with Gasteiger partial charge in [0.2, 0.25) is 0 Å². The van der Waals surface area contributed by atoms with Crippen LogP contribution in [-0.4, -0.2) is 36.9 Å². The van der Waals surface area contributed by atoms with Crippen LogP contribution in [0.2, 0.25) is 0 Å². The van der Waals surface area contributed by atoms with Gasteiger partial charge in [0.1, 0.15) is 27.2 Å². The van der Waals surface area contributed by atoms with E-state index in [1.54, 1.807) is 17.5 Å². The van der Waals surface area contributed by atoms with Crippen LogP contribution in [0.5, 0.6) is 5.75 Å². The molecule has 7 nitrogen and oxygen atoms in total. The lowest BCUT2D eigenvalue weighted by molar-refractivity contribution is 0.306. The number of anilines is 2. The molecule has 0 fully saturated rings. The van der Waals surface area contributed by atoms with Gasteiger partial charge in [-0.3, -0.25) is 4.98 Å². The minimum atomic E-state index is -2.97. The fourth-order valence-corrected chi connectivity index (χ4v) is 5.32. The van der Waals surface area contributed by atoms with E-state index >= 15 is 0 Å². The van der Waals surface area contributed by atoms with Crippen LogP contribution in [0.25, 0.3) is 21.3 Å². The summed E-state index contributed by atoms with van der Waals surface area (Å²) in [6.45, 7) is 1.48. The first kappa shape index (κ1) is 25.8. The smallest absolute Gasteiger partial charge is 0.148 e. The average molecular weight is 545 g/mol. The Labute approximate surface area is 226 Å². The van der Waals surface area contributed by atoms with Crippen LogP contribution >= 0.6 is 11.3 Å². The molecule has 9 heteroatoms. The zero-order valence-corrected chi connectivity index (χ0v) is 22.6. The standard InChI is InChI=1S/C29H28N4O3S2/c1-38(34,35)16-15-30-19-29-32-18-28(37-29)22-7-12-25-26(13-14-31-27(25)17-22)33-23-8-10-24(11-9-23)36-20-21-5-3-2-4-6-21/h2-14,17-18,30H,15-16,19-20H2,1H3,(H,31,33). The molecule has 0 saturated heterocycles. The third-order valence-corrected chi connectivity index (χ3v) is 7.88. The molecule has 0 aliphatic heterocycles. The molecule has 0 aliphatic carbocycles. The quantitative estimate of drug-likeness (QED) is 0.203. The van der Waals surface area contributed by atoms with Gasteiger partial charge < -0.3 is 15.4 Å². The highest BCUT2D eigenvalue weighted by Crippen LogP contribution is 2.32. The molecule has 0 spiro atoms. The number of ether oxygens (including phenoxy) is 1. The molecule has 194 valence electrons. The molecule has 2 heterocycles. The van der Waals surface area contributed by atoms with Gasteiger partial charge in [0.05, 0.1) is 16.1 Å². The Balaban J connectivity index is 1.23. The van der Waals surface area contributed by atoms with Crippen molar-refractivity contribution in [1.82, 2.24) is 15.3 Å². The van der Waals surface area contributed by atoms with Gasteiger partial charge >= 0.3 is 0 Å². The maximum Gasteiger partial charge on any atom is 0.148 e. The fraction of sp³-hybridized carbons (Fsp3) is 0.172. The monoisotopic (exact) mass is 544 g/mol. The van der Waals surface area contributed by atoms with E-state index in [1.807, 2.05) is 66.9 Å². The molecular formula is C29H28N4O3S2.